The van der Waals surface area contributed by atoms with Gasteiger partial charge in [-0.2, -0.15) is 0 Å². The Hall–Kier alpha value is -3.36. The van der Waals surface area contributed by atoms with E-state index in [1.54, 1.807) is 57.5 Å². The maximum absolute atomic E-state index is 13.6. The van der Waals surface area contributed by atoms with Crippen LogP contribution < -0.4 is 14.4 Å². The first-order valence-corrected chi connectivity index (χ1v) is 12.8. The maximum atomic E-state index is 13.6. The van der Waals surface area contributed by atoms with E-state index >= 15 is 0 Å². The second-order valence-electron chi connectivity index (χ2n) is 8.32. The summed E-state index contributed by atoms with van der Waals surface area (Å²) in [4.78, 5) is 12.8. The summed E-state index contributed by atoms with van der Waals surface area (Å²) in [5.74, 6) is 0.382. The van der Waals surface area contributed by atoms with Gasteiger partial charge in [-0.1, -0.05) is 42.0 Å². The Balaban J connectivity index is 1.75. The van der Waals surface area contributed by atoms with E-state index in [9.17, 15) is 13.2 Å². The number of hydrogen-bond acceptors (Lipinski definition) is 5. The second-order valence-corrected chi connectivity index (χ2v) is 10.2. The molecule has 0 heterocycles. The van der Waals surface area contributed by atoms with Gasteiger partial charge in [0.05, 0.1) is 24.3 Å². The Morgan fingerprint density at radius 3 is 2.17 bits per heavy atom. The topological polar surface area (TPSA) is 84.9 Å². The monoisotopic (exact) mass is 496 g/mol. The molecule has 0 aliphatic heterocycles. The Labute approximate surface area is 207 Å². The summed E-state index contributed by atoms with van der Waals surface area (Å²) in [6.45, 7) is 4.58. The van der Waals surface area contributed by atoms with Gasteiger partial charge >= 0.3 is 0 Å². The molecular weight excluding hydrogens is 464 g/mol. The minimum absolute atomic E-state index is 0.000584. The number of nitrogens with zero attached hydrogens (tertiary/aromatic N) is 1. The third-order valence-electron chi connectivity index (χ3n) is 5.62. The van der Waals surface area contributed by atoms with Crippen LogP contribution in [0.4, 0.5) is 5.69 Å². The van der Waals surface area contributed by atoms with Crippen LogP contribution in [-0.4, -0.2) is 35.1 Å². The fraction of sp³-hybridized carbons (Fsp3) is 0.296. The average molecular weight is 497 g/mol. The molecule has 7 nitrogen and oxygen atoms in total. The predicted molar refractivity (Wildman–Crippen MR) is 137 cm³/mol. The van der Waals surface area contributed by atoms with Crippen molar-refractivity contribution in [1.29, 1.82) is 0 Å². The minimum atomic E-state index is -3.89. The molecule has 0 spiro atoms. The molecule has 0 fully saturated rings. The third-order valence-corrected chi connectivity index (χ3v) is 7.61. The Bertz CT molecular complexity index is 1240. The number of hydrogen-bond donors (Lipinski definition) is 1. The molecule has 3 rings (SSSR count). The van der Waals surface area contributed by atoms with Crippen molar-refractivity contribution in [2.45, 2.75) is 38.3 Å². The maximum Gasteiger partial charge on any atom is 0.264 e. The fourth-order valence-corrected chi connectivity index (χ4v) is 5.43. The van der Waals surface area contributed by atoms with E-state index in [0.29, 0.717) is 30.2 Å². The molecule has 0 radical (unpaired) electrons. The van der Waals surface area contributed by atoms with Crippen LogP contribution in [0.3, 0.4) is 0 Å². The molecule has 186 valence electrons. The molecule has 35 heavy (non-hydrogen) atoms. The molecule has 0 saturated heterocycles. The molecule has 3 aromatic rings. The number of rotatable bonds is 11. The third kappa shape index (κ3) is 6.83. The van der Waals surface area contributed by atoms with Crippen molar-refractivity contribution in [2.24, 2.45) is 0 Å². The molecular formula is C27H32N2O5S. The molecule has 0 bridgehead atoms. The van der Waals surface area contributed by atoms with Gasteiger partial charge in [-0.25, -0.2) is 8.42 Å². The molecule has 1 amide bonds. The number of methoxy groups -OCH3 is 2. The predicted octanol–water partition coefficient (Wildman–Crippen LogP) is 4.36. The van der Waals surface area contributed by atoms with Gasteiger partial charge in [0.1, 0.15) is 5.75 Å². The van der Waals surface area contributed by atoms with Crippen molar-refractivity contribution in [1.82, 2.24) is 5.32 Å². The molecule has 0 aliphatic carbocycles. The quantitative estimate of drug-likeness (QED) is 0.426. The first-order valence-electron chi connectivity index (χ1n) is 11.3. The number of benzene rings is 3. The normalized spacial score (nSPS) is 11.2. The zero-order valence-corrected chi connectivity index (χ0v) is 21.4. The SMILES string of the molecule is COCc1ccc(CNC(=O)CCN(c2ccc(OC)cc2)S(=O)(=O)c2ccc(C)cc2C)cc1. The number of carbonyl (C=O) groups excluding carboxylic acids is 1. The van der Waals surface area contributed by atoms with Gasteiger partial charge in [0, 0.05) is 26.6 Å². The first-order chi connectivity index (χ1) is 16.7. The Kier molecular flexibility index (Phi) is 8.89. The van der Waals surface area contributed by atoms with E-state index in [1.807, 2.05) is 37.3 Å². The molecule has 0 atom stereocenters. The second kappa shape index (κ2) is 11.9. The van der Waals surface area contributed by atoms with Gasteiger partial charge in [0.25, 0.3) is 10.0 Å². The summed E-state index contributed by atoms with van der Waals surface area (Å²) in [6, 6.07) is 19.8. The van der Waals surface area contributed by atoms with Crippen molar-refractivity contribution in [3.8, 4) is 5.75 Å². The van der Waals surface area contributed by atoms with Crippen molar-refractivity contribution < 1.29 is 22.7 Å². The lowest BCUT2D eigenvalue weighted by molar-refractivity contribution is -0.121. The van der Waals surface area contributed by atoms with Crippen LogP contribution in [0.25, 0.3) is 0 Å². The standard InChI is InChI=1S/C27H32N2O5S/c1-20-5-14-26(21(2)17-20)35(31,32)29(24-10-12-25(34-4)13-11-24)16-15-27(30)28-18-22-6-8-23(9-7-22)19-33-3/h5-14,17H,15-16,18-19H2,1-4H3,(H,28,30). The largest absolute Gasteiger partial charge is 0.497 e. The van der Waals surface area contributed by atoms with Gasteiger partial charge in [0.2, 0.25) is 5.91 Å². The highest BCUT2D eigenvalue weighted by Gasteiger charge is 2.27. The highest BCUT2D eigenvalue weighted by Crippen LogP contribution is 2.28. The van der Waals surface area contributed by atoms with Crippen LogP contribution in [0.15, 0.2) is 71.6 Å². The van der Waals surface area contributed by atoms with E-state index in [-0.39, 0.29) is 23.8 Å². The number of nitrogens with one attached hydrogen (secondary N) is 1. The average Bonchev–Trinajstić information content (AvgIpc) is 2.84. The highest BCUT2D eigenvalue weighted by atomic mass is 32.2. The van der Waals surface area contributed by atoms with Crippen LogP contribution in [0.2, 0.25) is 0 Å². The lowest BCUT2D eigenvalue weighted by atomic mass is 10.1. The summed E-state index contributed by atoms with van der Waals surface area (Å²) >= 11 is 0. The van der Waals surface area contributed by atoms with Gasteiger partial charge in [0.15, 0.2) is 0 Å². The minimum Gasteiger partial charge on any atom is -0.497 e. The Morgan fingerprint density at radius 1 is 0.914 bits per heavy atom. The fourth-order valence-electron chi connectivity index (χ4n) is 3.76. The van der Waals surface area contributed by atoms with Gasteiger partial charge < -0.3 is 14.8 Å². The molecule has 1 N–H and O–H groups in total. The first kappa shape index (κ1) is 26.2. The highest BCUT2D eigenvalue weighted by molar-refractivity contribution is 7.92. The molecule has 0 unspecified atom stereocenters. The summed E-state index contributed by atoms with van der Waals surface area (Å²) in [6.07, 6.45) is 0.0118. The van der Waals surface area contributed by atoms with Crippen molar-refractivity contribution in [2.75, 3.05) is 25.1 Å². The molecule has 0 saturated carbocycles. The van der Waals surface area contributed by atoms with Crippen LogP contribution in [0.1, 0.15) is 28.7 Å². The van der Waals surface area contributed by atoms with Crippen LogP contribution in [0, 0.1) is 13.8 Å². The van der Waals surface area contributed by atoms with E-state index in [4.69, 9.17) is 9.47 Å². The molecule has 0 aromatic heterocycles. The summed E-state index contributed by atoms with van der Waals surface area (Å²) < 4.78 is 38.9. The molecule has 3 aromatic carbocycles. The smallest absolute Gasteiger partial charge is 0.264 e. The number of amides is 1. The van der Waals surface area contributed by atoms with Crippen LogP contribution in [-0.2, 0) is 32.7 Å². The van der Waals surface area contributed by atoms with E-state index in [1.165, 1.54) is 4.31 Å². The van der Waals surface area contributed by atoms with Crippen molar-refractivity contribution in [3.63, 3.8) is 0 Å². The summed E-state index contributed by atoms with van der Waals surface area (Å²) in [5.41, 5.74) is 4.10. The Morgan fingerprint density at radius 2 is 1.57 bits per heavy atom. The number of anilines is 1. The van der Waals surface area contributed by atoms with Gasteiger partial charge in [-0.15, -0.1) is 0 Å². The lowest BCUT2D eigenvalue weighted by Crippen LogP contribution is -2.35. The summed E-state index contributed by atoms with van der Waals surface area (Å²) in [7, 11) is -0.701. The zero-order valence-electron chi connectivity index (χ0n) is 20.6. The van der Waals surface area contributed by atoms with Crippen molar-refractivity contribution >= 4 is 21.6 Å². The van der Waals surface area contributed by atoms with Gasteiger partial charge in [-0.05, 0) is 60.9 Å². The van der Waals surface area contributed by atoms with E-state index < -0.39 is 10.0 Å². The number of sulfonamides is 1. The van der Waals surface area contributed by atoms with E-state index in [0.717, 1.165) is 16.7 Å². The molecule has 8 heteroatoms. The van der Waals surface area contributed by atoms with Crippen LogP contribution in [0.5, 0.6) is 5.75 Å². The van der Waals surface area contributed by atoms with Gasteiger partial charge in [-0.3, -0.25) is 9.10 Å². The van der Waals surface area contributed by atoms with Crippen molar-refractivity contribution in [3.05, 3.63) is 89.0 Å². The summed E-state index contributed by atoms with van der Waals surface area (Å²) in [5, 5.41) is 2.87. The number of ether oxygens (including phenoxy) is 2. The van der Waals surface area contributed by atoms with E-state index in [2.05, 4.69) is 5.32 Å². The number of carbonyl (C=O) groups is 1. The number of aryl methyl sites for hydroxylation is 2. The molecule has 0 aliphatic rings. The lowest BCUT2D eigenvalue weighted by Gasteiger charge is -2.25. The van der Waals surface area contributed by atoms with Crippen LogP contribution >= 0.6 is 0 Å². The zero-order chi connectivity index (χ0) is 25.4.